The molecular weight excluding hydrogens is 472 g/mol. The molecule has 0 aliphatic carbocycles. The van der Waals surface area contributed by atoms with Crippen LogP contribution < -0.4 is 9.94 Å². The van der Waals surface area contributed by atoms with Crippen LogP contribution in [0.5, 0.6) is 0 Å². The third-order valence-electron chi connectivity index (χ3n) is 4.89. The highest BCUT2D eigenvalue weighted by atomic mass is 32.2. The molecule has 0 fully saturated rings. The van der Waals surface area contributed by atoms with Crippen LogP contribution in [-0.4, -0.2) is 55.2 Å². The standard InChI is InChI=1S/C20H16N4O7S2/c1-31-17(26)10-23-14-7-6-11(33(21,29)30)8-15(14)32-20(23)22-16(25)9-24-18(27)12-4-2-3-5-13(12)19(24)28/h2-8H,9-10H2,1H3,(H2,21,29,30). The summed E-state index contributed by atoms with van der Waals surface area (Å²) in [6.45, 7) is -0.897. The first-order valence-electron chi connectivity index (χ1n) is 9.36. The summed E-state index contributed by atoms with van der Waals surface area (Å²) < 4.78 is 29.8. The monoisotopic (exact) mass is 488 g/mol. The molecule has 1 aliphatic rings. The van der Waals surface area contributed by atoms with Crippen LogP contribution >= 0.6 is 11.3 Å². The lowest BCUT2D eigenvalue weighted by Crippen LogP contribution is -2.35. The molecule has 2 N–H and O–H groups in total. The minimum absolute atomic E-state index is 0.0589. The van der Waals surface area contributed by atoms with Gasteiger partial charge in [0.15, 0.2) is 4.80 Å². The topological polar surface area (TPSA) is 158 Å². The van der Waals surface area contributed by atoms with Gasteiger partial charge in [-0.2, -0.15) is 4.99 Å². The van der Waals surface area contributed by atoms with Gasteiger partial charge in [0.2, 0.25) is 10.0 Å². The number of hydrogen-bond donors (Lipinski definition) is 1. The number of amides is 3. The zero-order valence-electron chi connectivity index (χ0n) is 17.0. The molecule has 0 radical (unpaired) electrons. The van der Waals surface area contributed by atoms with Crippen LogP contribution in [0.25, 0.3) is 10.2 Å². The second kappa shape index (κ2) is 8.35. The van der Waals surface area contributed by atoms with Gasteiger partial charge < -0.3 is 9.30 Å². The fraction of sp³-hybridized carbons (Fsp3) is 0.150. The molecule has 2 aromatic carbocycles. The summed E-state index contributed by atoms with van der Waals surface area (Å²) in [4.78, 5) is 54.3. The van der Waals surface area contributed by atoms with Gasteiger partial charge in [0.05, 0.1) is 33.3 Å². The summed E-state index contributed by atoms with van der Waals surface area (Å²) in [5.74, 6) is -2.63. The van der Waals surface area contributed by atoms with Crippen LogP contribution in [0.4, 0.5) is 0 Å². The van der Waals surface area contributed by atoms with Crippen molar-refractivity contribution in [3.8, 4) is 0 Å². The quantitative estimate of drug-likeness (QED) is 0.398. The average Bonchev–Trinajstić information content (AvgIpc) is 3.22. The molecular formula is C20H16N4O7S2. The number of fused-ring (bicyclic) bond motifs is 2. The molecule has 4 rings (SSSR count). The number of benzene rings is 2. The van der Waals surface area contributed by atoms with Gasteiger partial charge in [0.25, 0.3) is 17.7 Å². The highest BCUT2D eigenvalue weighted by Gasteiger charge is 2.36. The van der Waals surface area contributed by atoms with Gasteiger partial charge in [-0.25, -0.2) is 13.6 Å². The van der Waals surface area contributed by atoms with Crippen LogP contribution in [0, 0.1) is 0 Å². The van der Waals surface area contributed by atoms with E-state index in [1.807, 2.05) is 0 Å². The SMILES string of the molecule is COC(=O)Cn1c(=NC(=O)CN2C(=O)c3ccccc3C2=O)sc2cc(S(N)(=O)=O)ccc21. The lowest BCUT2D eigenvalue weighted by atomic mass is 10.1. The number of hydrogen-bond acceptors (Lipinski definition) is 8. The Hall–Kier alpha value is -3.68. The van der Waals surface area contributed by atoms with E-state index in [9.17, 15) is 27.6 Å². The summed E-state index contributed by atoms with van der Waals surface area (Å²) in [7, 11) is -2.78. The van der Waals surface area contributed by atoms with E-state index in [0.29, 0.717) is 10.2 Å². The molecule has 0 unspecified atom stereocenters. The highest BCUT2D eigenvalue weighted by molar-refractivity contribution is 7.89. The molecule has 3 aromatic rings. The van der Waals surface area contributed by atoms with E-state index >= 15 is 0 Å². The maximum atomic E-state index is 12.7. The molecule has 0 saturated heterocycles. The van der Waals surface area contributed by atoms with Crippen molar-refractivity contribution in [2.45, 2.75) is 11.4 Å². The van der Waals surface area contributed by atoms with Crippen LogP contribution in [0.15, 0.2) is 52.4 Å². The summed E-state index contributed by atoms with van der Waals surface area (Å²) in [5, 5.41) is 5.18. The van der Waals surface area contributed by atoms with E-state index in [2.05, 4.69) is 9.73 Å². The van der Waals surface area contributed by atoms with Crippen molar-refractivity contribution in [1.82, 2.24) is 9.47 Å². The molecule has 0 spiro atoms. The van der Waals surface area contributed by atoms with Crippen molar-refractivity contribution in [1.29, 1.82) is 0 Å². The molecule has 0 atom stereocenters. The summed E-state index contributed by atoms with van der Waals surface area (Å²) in [6, 6.07) is 10.2. The number of nitrogens with two attached hydrogens (primary N) is 1. The Morgan fingerprint density at radius 2 is 1.70 bits per heavy atom. The van der Waals surface area contributed by atoms with E-state index in [0.717, 1.165) is 16.2 Å². The molecule has 170 valence electrons. The number of carbonyl (C=O) groups excluding carboxylic acids is 4. The van der Waals surface area contributed by atoms with E-state index in [1.54, 1.807) is 12.1 Å². The summed E-state index contributed by atoms with van der Waals surface area (Å²) in [6.07, 6.45) is 0. The minimum atomic E-state index is -3.98. The van der Waals surface area contributed by atoms with Crippen LogP contribution in [0.1, 0.15) is 20.7 Å². The molecule has 3 amide bonds. The van der Waals surface area contributed by atoms with Crippen molar-refractivity contribution in [2.24, 2.45) is 10.1 Å². The van der Waals surface area contributed by atoms with Gasteiger partial charge in [-0.15, -0.1) is 0 Å². The number of rotatable bonds is 5. The van der Waals surface area contributed by atoms with Crippen molar-refractivity contribution in [3.63, 3.8) is 0 Å². The number of carbonyl (C=O) groups is 4. The van der Waals surface area contributed by atoms with Gasteiger partial charge in [-0.3, -0.25) is 24.1 Å². The lowest BCUT2D eigenvalue weighted by Gasteiger charge is -2.10. The Bertz CT molecular complexity index is 1480. The number of esters is 1. The Morgan fingerprint density at radius 1 is 1.06 bits per heavy atom. The summed E-state index contributed by atoms with van der Waals surface area (Å²) >= 11 is 0.941. The van der Waals surface area contributed by atoms with Crippen molar-refractivity contribution >= 4 is 55.3 Å². The third kappa shape index (κ3) is 4.20. The molecule has 1 aromatic heterocycles. The van der Waals surface area contributed by atoms with Gasteiger partial charge in [-0.1, -0.05) is 23.5 Å². The Kier molecular flexibility index (Phi) is 5.69. The first-order chi connectivity index (χ1) is 15.6. The van der Waals surface area contributed by atoms with E-state index in [-0.39, 0.29) is 27.4 Å². The Morgan fingerprint density at radius 3 is 2.27 bits per heavy atom. The molecule has 11 nitrogen and oxygen atoms in total. The van der Waals surface area contributed by atoms with Crippen LogP contribution in [0.2, 0.25) is 0 Å². The zero-order chi connectivity index (χ0) is 23.9. The predicted octanol–water partition coefficient (Wildman–Crippen LogP) is 0.247. The fourth-order valence-electron chi connectivity index (χ4n) is 3.32. The first kappa shape index (κ1) is 22.5. The second-order valence-corrected chi connectivity index (χ2v) is 9.54. The zero-order valence-corrected chi connectivity index (χ0v) is 18.7. The van der Waals surface area contributed by atoms with Crippen molar-refractivity contribution in [2.75, 3.05) is 13.7 Å². The molecule has 13 heteroatoms. The maximum absolute atomic E-state index is 12.7. The number of thiazole rings is 1. The Labute approximate surface area is 190 Å². The van der Waals surface area contributed by atoms with Crippen LogP contribution in [0.3, 0.4) is 0 Å². The highest BCUT2D eigenvalue weighted by Crippen LogP contribution is 2.23. The van der Waals surface area contributed by atoms with E-state index in [1.165, 1.54) is 42.0 Å². The number of imide groups is 1. The number of aromatic nitrogens is 1. The first-order valence-corrected chi connectivity index (χ1v) is 11.7. The smallest absolute Gasteiger partial charge is 0.325 e. The molecule has 0 bridgehead atoms. The second-order valence-electron chi connectivity index (χ2n) is 6.97. The average molecular weight is 489 g/mol. The molecule has 33 heavy (non-hydrogen) atoms. The number of methoxy groups -OCH3 is 1. The third-order valence-corrected chi connectivity index (χ3v) is 6.84. The predicted molar refractivity (Wildman–Crippen MR) is 116 cm³/mol. The summed E-state index contributed by atoms with van der Waals surface area (Å²) in [5.41, 5.74) is 0.826. The molecule has 2 heterocycles. The largest absolute Gasteiger partial charge is 0.468 e. The normalized spacial score (nSPS) is 14.1. The van der Waals surface area contributed by atoms with E-state index in [4.69, 9.17) is 5.14 Å². The minimum Gasteiger partial charge on any atom is -0.468 e. The van der Waals surface area contributed by atoms with Gasteiger partial charge in [0, 0.05) is 0 Å². The van der Waals surface area contributed by atoms with Gasteiger partial charge in [0.1, 0.15) is 13.1 Å². The van der Waals surface area contributed by atoms with Crippen molar-refractivity contribution in [3.05, 3.63) is 58.4 Å². The maximum Gasteiger partial charge on any atom is 0.325 e. The number of primary sulfonamides is 1. The van der Waals surface area contributed by atoms with E-state index < -0.39 is 40.3 Å². The number of ether oxygens (including phenoxy) is 1. The lowest BCUT2D eigenvalue weighted by molar-refractivity contribution is -0.141. The Balaban J connectivity index is 1.73. The van der Waals surface area contributed by atoms with Gasteiger partial charge in [-0.05, 0) is 30.3 Å². The molecule has 1 aliphatic heterocycles. The fourth-order valence-corrected chi connectivity index (χ4v) is 5.02. The number of sulfonamides is 1. The van der Waals surface area contributed by atoms with Crippen LogP contribution in [-0.2, 0) is 30.9 Å². The van der Waals surface area contributed by atoms with Crippen molar-refractivity contribution < 1.29 is 32.3 Å². The molecule has 0 saturated carbocycles. The number of nitrogens with zero attached hydrogens (tertiary/aromatic N) is 3. The van der Waals surface area contributed by atoms with Gasteiger partial charge >= 0.3 is 5.97 Å².